The minimum Gasteiger partial charge on any atom is -0.444 e. The Labute approximate surface area is 162 Å². The second kappa shape index (κ2) is 8.00. The van der Waals surface area contributed by atoms with Gasteiger partial charge in [0, 0.05) is 6.54 Å². The summed E-state index contributed by atoms with van der Waals surface area (Å²) in [7, 11) is 0. The fourth-order valence-electron chi connectivity index (χ4n) is 3.55. The first-order valence-electron chi connectivity index (χ1n) is 9.28. The van der Waals surface area contributed by atoms with E-state index < -0.39 is 29.5 Å². The van der Waals surface area contributed by atoms with Crippen molar-refractivity contribution >= 4 is 6.09 Å². The summed E-state index contributed by atoms with van der Waals surface area (Å²) in [4.78, 5) is 14.5. The molecule has 0 aliphatic carbocycles. The van der Waals surface area contributed by atoms with Crippen molar-refractivity contribution in [1.29, 1.82) is 0 Å². The van der Waals surface area contributed by atoms with E-state index in [-0.39, 0.29) is 6.10 Å². The molecule has 150 valence electrons. The number of hydrogen-bond donors (Lipinski definition) is 1. The van der Waals surface area contributed by atoms with Crippen molar-refractivity contribution < 1.29 is 19.5 Å². The summed E-state index contributed by atoms with van der Waals surface area (Å²) >= 11 is 0. The van der Waals surface area contributed by atoms with Gasteiger partial charge in [-0.05, 0) is 47.1 Å². The van der Waals surface area contributed by atoms with Crippen LogP contribution in [0.2, 0.25) is 0 Å². The van der Waals surface area contributed by atoms with Gasteiger partial charge in [0.2, 0.25) is 0 Å². The summed E-state index contributed by atoms with van der Waals surface area (Å²) in [5.74, 6) is 0. The van der Waals surface area contributed by atoms with Crippen LogP contribution in [-0.2, 0) is 16.0 Å². The molecule has 0 spiro atoms. The maximum Gasteiger partial charge on any atom is 0.412 e. The quantitative estimate of drug-likeness (QED) is 0.617. The molecule has 1 aromatic carbocycles. The number of carbonyl (C=O) groups excluding carboxylic acids is 1. The molecule has 1 heterocycles. The largest absolute Gasteiger partial charge is 0.444 e. The molecule has 0 unspecified atom stereocenters. The third-order valence-corrected chi connectivity index (χ3v) is 4.55. The van der Waals surface area contributed by atoms with Crippen molar-refractivity contribution in [3.05, 3.63) is 48.6 Å². The Morgan fingerprint density at radius 3 is 2.52 bits per heavy atom. The Bertz CT molecular complexity index is 654. The van der Waals surface area contributed by atoms with Gasteiger partial charge in [-0.25, -0.2) is 4.79 Å². The van der Waals surface area contributed by atoms with E-state index in [0.29, 0.717) is 6.54 Å². The highest BCUT2D eigenvalue weighted by molar-refractivity contribution is 5.70. The van der Waals surface area contributed by atoms with Gasteiger partial charge in [0.15, 0.2) is 0 Å². The average Bonchev–Trinajstić information content (AvgIpc) is 2.76. The van der Waals surface area contributed by atoms with Crippen LogP contribution in [0.1, 0.15) is 47.1 Å². The van der Waals surface area contributed by atoms with E-state index in [4.69, 9.17) is 9.47 Å². The molecular formula is C21H32N2O4. The van der Waals surface area contributed by atoms with Crippen LogP contribution in [0.5, 0.6) is 0 Å². The SMILES string of the molecule is C=C[C@H]([C@H]1[C@@H](C)OC(C)(C)N1C(=O)OC(C)(C)C)N(O)Cc1ccccc1. The maximum absolute atomic E-state index is 12.9. The van der Waals surface area contributed by atoms with E-state index in [0.717, 1.165) is 5.56 Å². The smallest absolute Gasteiger partial charge is 0.412 e. The van der Waals surface area contributed by atoms with E-state index in [1.807, 2.05) is 71.9 Å². The van der Waals surface area contributed by atoms with Gasteiger partial charge in [-0.2, -0.15) is 5.06 Å². The molecule has 2 rings (SSSR count). The van der Waals surface area contributed by atoms with Gasteiger partial charge >= 0.3 is 6.09 Å². The molecule has 1 saturated heterocycles. The summed E-state index contributed by atoms with van der Waals surface area (Å²) in [6, 6.07) is 8.68. The molecule has 0 radical (unpaired) electrons. The molecule has 27 heavy (non-hydrogen) atoms. The van der Waals surface area contributed by atoms with Crippen LogP contribution >= 0.6 is 0 Å². The van der Waals surface area contributed by atoms with Crippen LogP contribution in [0.4, 0.5) is 4.79 Å². The number of benzene rings is 1. The topological polar surface area (TPSA) is 62.2 Å². The summed E-state index contributed by atoms with van der Waals surface area (Å²) < 4.78 is 11.6. The maximum atomic E-state index is 12.9. The van der Waals surface area contributed by atoms with Crippen molar-refractivity contribution in [1.82, 2.24) is 9.96 Å². The van der Waals surface area contributed by atoms with E-state index in [1.165, 1.54) is 5.06 Å². The van der Waals surface area contributed by atoms with Crippen molar-refractivity contribution in [3.8, 4) is 0 Å². The summed E-state index contributed by atoms with van der Waals surface area (Å²) in [5.41, 5.74) is -0.529. The summed E-state index contributed by atoms with van der Waals surface area (Å²) in [6.07, 6.45) is 0.870. The number of rotatable bonds is 5. The molecule has 1 N–H and O–H groups in total. The number of carbonyl (C=O) groups is 1. The second-order valence-corrected chi connectivity index (χ2v) is 8.42. The zero-order valence-electron chi connectivity index (χ0n) is 17.2. The average molecular weight is 376 g/mol. The second-order valence-electron chi connectivity index (χ2n) is 8.42. The highest BCUT2D eigenvalue weighted by Crippen LogP contribution is 2.36. The molecule has 3 atom stereocenters. The van der Waals surface area contributed by atoms with E-state index in [9.17, 15) is 10.0 Å². The van der Waals surface area contributed by atoms with Gasteiger partial charge in [0.1, 0.15) is 11.3 Å². The number of amides is 1. The lowest BCUT2D eigenvalue weighted by atomic mass is 10.0. The monoisotopic (exact) mass is 376 g/mol. The number of ether oxygens (including phenoxy) is 2. The highest BCUT2D eigenvalue weighted by atomic mass is 16.6. The van der Waals surface area contributed by atoms with Crippen molar-refractivity contribution in [3.63, 3.8) is 0 Å². The van der Waals surface area contributed by atoms with Crippen LogP contribution < -0.4 is 0 Å². The van der Waals surface area contributed by atoms with Crippen molar-refractivity contribution in [2.24, 2.45) is 0 Å². The van der Waals surface area contributed by atoms with Crippen LogP contribution in [0, 0.1) is 0 Å². The Balaban J connectivity index is 2.29. The lowest BCUT2D eigenvalue weighted by Gasteiger charge is -2.39. The lowest BCUT2D eigenvalue weighted by Crippen LogP contribution is -2.57. The molecule has 0 bridgehead atoms. The molecular weight excluding hydrogens is 344 g/mol. The number of hydroxylamine groups is 2. The first-order valence-corrected chi connectivity index (χ1v) is 9.28. The zero-order chi connectivity index (χ0) is 20.4. The molecule has 1 fully saturated rings. The Morgan fingerprint density at radius 1 is 1.41 bits per heavy atom. The van der Waals surface area contributed by atoms with Gasteiger partial charge in [0.05, 0.1) is 18.2 Å². The highest BCUT2D eigenvalue weighted by Gasteiger charge is 2.52. The normalized spacial score (nSPS) is 23.3. The van der Waals surface area contributed by atoms with Crippen LogP contribution in [0.15, 0.2) is 43.0 Å². The molecule has 6 nitrogen and oxygen atoms in total. The van der Waals surface area contributed by atoms with Gasteiger partial charge in [-0.1, -0.05) is 36.4 Å². The lowest BCUT2D eigenvalue weighted by molar-refractivity contribution is -0.139. The van der Waals surface area contributed by atoms with Gasteiger partial charge in [-0.3, -0.25) is 4.90 Å². The zero-order valence-corrected chi connectivity index (χ0v) is 17.2. The molecule has 0 aromatic heterocycles. The summed E-state index contributed by atoms with van der Waals surface area (Å²) in [5, 5.41) is 12.0. The molecule has 1 aliphatic rings. The van der Waals surface area contributed by atoms with E-state index in [2.05, 4.69) is 6.58 Å². The minimum atomic E-state index is -0.860. The third kappa shape index (κ3) is 5.09. The van der Waals surface area contributed by atoms with Crippen LogP contribution in [0.3, 0.4) is 0 Å². The predicted octanol–water partition coefficient (Wildman–Crippen LogP) is 4.19. The summed E-state index contributed by atoms with van der Waals surface area (Å²) in [6.45, 7) is 15.2. The third-order valence-electron chi connectivity index (χ3n) is 4.55. The van der Waals surface area contributed by atoms with Crippen molar-refractivity contribution in [2.45, 2.75) is 77.6 Å². The predicted molar refractivity (Wildman–Crippen MR) is 104 cm³/mol. The van der Waals surface area contributed by atoms with Crippen molar-refractivity contribution in [2.75, 3.05) is 0 Å². The van der Waals surface area contributed by atoms with Gasteiger partial charge < -0.3 is 14.7 Å². The number of nitrogens with zero attached hydrogens (tertiary/aromatic N) is 2. The minimum absolute atomic E-state index is 0.305. The fraction of sp³-hybridized carbons (Fsp3) is 0.571. The molecule has 1 aromatic rings. The molecule has 0 saturated carbocycles. The standard InChI is InChI=1S/C21H32N2O4/c1-8-17(22(25)14-16-12-10-9-11-13-16)18-15(2)26-21(6,7)23(18)19(24)27-20(3,4)5/h8-13,15,17-18,25H,1,14H2,2-7H3/t15-,17-,18-/m1/s1. The van der Waals surface area contributed by atoms with Crippen LogP contribution in [-0.4, -0.2) is 50.8 Å². The fourth-order valence-corrected chi connectivity index (χ4v) is 3.55. The van der Waals surface area contributed by atoms with Gasteiger partial charge in [0.25, 0.3) is 0 Å². The Hall–Kier alpha value is -1.89. The number of hydrogen-bond acceptors (Lipinski definition) is 5. The van der Waals surface area contributed by atoms with E-state index >= 15 is 0 Å². The van der Waals surface area contributed by atoms with E-state index in [1.54, 1.807) is 11.0 Å². The Kier molecular flexibility index (Phi) is 6.35. The Morgan fingerprint density at radius 2 is 2.00 bits per heavy atom. The molecule has 1 amide bonds. The molecule has 6 heteroatoms. The first-order chi connectivity index (χ1) is 12.5. The van der Waals surface area contributed by atoms with Gasteiger partial charge in [-0.15, -0.1) is 6.58 Å². The van der Waals surface area contributed by atoms with Crippen LogP contribution in [0.25, 0.3) is 0 Å². The molecule has 1 aliphatic heterocycles. The first kappa shape index (κ1) is 21.4.